The first-order chi connectivity index (χ1) is 32.0. The number of fused-ring (bicyclic) bond motifs is 6. The average Bonchev–Trinajstić information content (AvgIpc) is 3.82. The largest absolute Gasteiger partial charge is 0.310 e. The summed E-state index contributed by atoms with van der Waals surface area (Å²) in [4.78, 5) is 2.46. The first-order valence-electron chi connectivity index (χ1n) is 22.6. The molecule has 1 aliphatic rings. The van der Waals surface area contributed by atoms with Crippen LogP contribution in [0.5, 0.6) is 0 Å². The van der Waals surface area contributed by atoms with Gasteiger partial charge in [0.15, 0.2) is 0 Å². The Morgan fingerprint density at radius 1 is 0.323 bits per heavy atom. The smallest absolute Gasteiger partial charge is 0.0541 e. The van der Waals surface area contributed by atoms with Gasteiger partial charge in [-0.25, -0.2) is 0 Å². The maximum absolute atomic E-state index is 2.46. The summed E-state index contributed by atoms with van der Waals surface area (Å²) in [7, 11) is 0. The molecule has 2 heteroatoms. The Labute approximate surface area is 381 Å². The predicted molar refractivity (Wildman–Crippen MR) is 275 cm³/mol. The minimum Gasteiger partial charge on any atom is -0.310 e. The van der Waals surface area contributed by atoms with Gasteiger partial charge in [-0.05, 0) is 116 Å². The zero-order chi connectivity index (χ0) is 43.5. The van der Waals surface area contributed by atoms with E-state index >= 15 is 0 Å². The summed E-state index contributed by atoms with van der Waals surface area (Å²) < 4.78 is 2.43. The molecule has 1 heterocycles. The van der Waals surface area contributed by atoms with E-state index in [4.69, 9.17) is 0 Å². The van der Waals surface area contributed by atoms with Gasteiger partial charge in [0.05, 0.1) is 16.7 Å². The lowest BCUT2D eigenvalue weighted by atomic mass is 9.82. The number of aromatic nitrogens is 1. The Kier molecular flexibility index (Phi) is 9.21. The molecule has 65 heavy (non-hydrogen) atoms. The number of anilines is 3. The summed E-state index contributed by atoms with van der Waals surface area (Å²) >= 11 is 0. The van der Waals surface area contributed by atoms with Crippen molar-refractivity contribution in [2.75, 3.05) is 4.90 Å². The SMILES string of the molecule is CC1(C)c2cc(N(c3cccc(-c4ccc(-c5ccccc5)cc4)c3)c3ccccc3-c3ccc(-c4ccccc4)cc3)ccc2-c2ccc(-n3c4ccccc4c4ccccc43)cc21. The molecule has 0 radical (unpaired) electrons. The quantitative estimate of drug-likeness (QED) is 0.148. The van der Waals surface area contributed by atoms with Gasteiger partial charge >= 0.3 is 0 Å². The molecule has 10 aromatic carbocycles. The molecule has 0 saturated carbocycles. The second-order valence-electron chi connectivity index (χ2n) is 17.7. The number of para-hydroxylation sites is 3. The summed E-state index contributed by atoms with van der Waals surface area (Å²) in [5.41, 5.74) is 21.5. The van der Waals surface area contributed by atoms with Crippen molar-refractivity contribution in [3.05, 3.63) is 254 Å². The minimum absolute atomic E-state index is 0.254. The molecule has 0 amide bonds. The Balaban J connectivity index is 0.984. The summed E-state index contributed by atoms with van der Waals surface area (Å²) in [5, 5.41) is 2.55. The third kappa shape index (κ3) is 6.57. The van der Waals surface area contributed by atoms with Crippen LogP contribution in [0.3, 0.4) is 0 Å². The maximum Gasteiger partial charge on any atom is 0.0541 e. The summed E-state index contributed by atoms with van der Waals surface area (Å²) in [6.45, 7) is 4.78. The van der Waals surface area contributed by atoms with E-state index in [1.165, 1.54) is 94.3 Å². The van der Waals surface area contributed by atoms with E-state index in [0.717, 1.165) is 17.1 Å². The Morgan fingerprint density at radius 3 is 1.42 bits per heavy atom. The highest BCUT2D eigenvalue weighted by molar-refractivity contribution is 6.09. The molecular formula is C63H46N2. The first-order valence-corrected chi connectivity index (χ1v) is 22.6. The van der Waals surface area contributed by atoms with Crippen LogP contribution in [0, 0.1) is 0 Å². The van der Waals surface area contributed by atoms with Gasteiger partial charge in [-0.2, -0.15) is 0 Å². The van der Waals surface area contributed by atoms with Crippen LogP contribution in [0.15, 0.2) is 243 Å². The second-order valence-corrected chi connectivity index (χ2v) is 17.7. The Morgan fingerprint density at radius 2 is 0.785 bits per heavy atom. The molecule has 0 spiro atoms. The van der Waals surface area contributed by atoms with Crippen molar-refractivity contribution in [2.24, 2.45) is 0 Å². The van der Waals surface area contributed by atoms with Gasteiger partial charge in [0.25, 0.3) is 0 Å². The minimum atomic E-state index is -0.254. The Hall–Kier alpha value is -8.20. The van der Waals surface area contributed by atoms with E-state index in [2.05, 4.69) is 266 Å². The van der Waals surface area contributed by atoms with E-state index in [1.807, 2.05) is 0 Å². The second kappa shape index (κ2) is 15.6. The first kappa shape index (κ1) is 38.5. The molecule has 0 saturated heterocycles. The van der Waals surface area contributed by atoms with Gasteiger partial charge < -0.3 is 9.47 Å². The van der Waals surface area contributed by atoms with E-state index in [1.54, 1.807) is 0 Å². The third-order valence-corrected chi connectivity index (χ3v) is 13.6. The van der Waals surface area contributed by atoms with Crippen molar-refractivity contribution in [1.82, 2.24) is 4.57 Å². The highest BCUT2D eigenvalue weighted by Gasteiger charge is 2.37. The molecule has 11 aromatic rings. The summed E-state index contributed by atoms with van der Waals surface area (Å²) in [5.74, 6) is 0. The van der Waals surface area contributed by atoms with Crippen LogP contribution in [-0.2, 0) is 5.41 Å². The van der Waals surface area contributed by atoms with Gasteiger partial charge in [0, 0.05) is 38.8 Å². The lowest BCUT2D eigenvalue weighted by Crippen LogP contribution is -2.17. The number of hydrogen-bond acceptors (Lipinski definition) is 1. The molecule has 2 nitrogen and oxygen atoms in total. The molecule has 1 aromatic heterocycles. The van der Waals surface area contributed by atoms with Crippen LogP contribution < -0.4 is 4.90 Å². The van der Waals surface area contributed by atoms with E-state index in [0.29, 0.717) is 0 Å². The molecular weight excluding hydrogens is 785 g/mol. The lowest BCUT2D eigenvalue weighted by Gasteiger charge is -2.30. The molecule has 0 N–H and O–H groups in total. The molecule has 0 atom stereocenters. The number of nitrogens with zero attached hydrogens (tertiary/aromatic N) is 2. The lowest BCUT2D eigenvalue weighted by molar-refractivity contribution is 0.660. The van der Waals surface area contributed by atoms with Crippen molar-refractivity contribution in [1.29, 1.82) is 0 Å². The van der Waals surface area contributed by atoms with Crippen molar-refractivity contribution in [3.8, 4) is 61.3 Å². The third-order valence-electron chi connectivity index (χ3n) is 13.6. The van der Waals surface area contributed by atoms with E-state index < -0.39 is 0 Å². The standard InChI is InChI=1S/C63H46N2/c1-63(2)58-41-51(36-38-54(58)55-39-37-52(42-59(55)63)65-61-26-13-10-23-56(61)57-24-11-14-27-62(57)65)64(50-21-15-20-49(40-50)47-30-28-45(29-31-47)43-16-5-3-6-17-43)60-25-12-9-22-53(60)48-34-32-46(33-35-48)44-18-7-4-8-19-44/h3-42H,1-2H3. The highest BCUT2D eigenvalue weighted by Crippen LogP contribution is 2.52. The van der Waals surface area contributed by atoms with Crippen molar-refractivity contribution in [2.45, 2.75) is 19.3 Å². The predicted octanol–water partition coefficient (Wildman–Crippen LogP) is 17.2. The van der Waals surface area contributed by atoms with Gasteiger partial charge in [-0.15, -0.1) is 0 Å². The fraction of sp³-hybridized carbons (Fsp3) is 0.0476. The summed E-state index contributed by atoms with van der Waals surface area (Å²) in [6, 6.07) is 88.8. The zero-order valence-electron chi connectivity index (χ0n) is 36.5. The van der Waals surface area contributed by atoms with Gasteiger partial charge in [0.2, 0.25) is 0 Å². The number of rotatable bonds is 8. The van der Waals surface area contributed by atoms with Crippen molar-refractivity contribution >= 4 is 38.9 Å². The van der Waals surface area contributed by atoms with Gasteiger partial charge in [-0.1, -0.05) is 202 Å². The zero-order valence-corrected chi connectivity index (χ0v) is 36.5. The fourth-order valence-electron chi connectivity index (χ4n) is 10.3. The normalized spacial score (nSPS) is 12.6. The van der Waals surface area contributed by atoms with Crippen LogP contribution in [-0.4, -0.2) is 4.57 Å². The fourth-order valence-corrected chi connectivity index (χ4v) is 10.3. The van der Waals surface area contributed by atoms with Gasteiger partial charge in [0.1, 0.15) is 0 Å². The molecule has 0 fully saturated rings. The van der Waals surface area contributed by atoms with Crippen LogP contribution in [0.4, 0.5) is 17.1 Å². The molecule has 0 bridgehead atoms. The molecule has 1 aliphatic carbocycles. The van der Waals surface area contributed by atoms with Crippen LogP contribution in [0.2, 0.25) is 0 Å². The maximum atomic E-state index is 2.46. The molecule has 0 unspecified atom stereocenters. The van der Waals surface area contributed by atoms with Crippen molar-refractivity contribution < 1.29 is 0 Å². The summed E-state index contributed by atoms with van der Waals surface area (Å²) in [6.07, 6.45) is 0. The van der Waals surface area contributed by atoms with Crippen LogP contribution in [0.1, 0.15) is 25.0 Å². The van der Waals surface area contributed by atoms with E-state index in [-0.39, 0.29) is 5.41 Å². The highest BCUT2D eigenvalue weighted by atomic mass is 15.1. The topological polar surface area (TPSA) is 8.17 Å². The number of benzene rings is 10. The van der Waals surface area contributed by atoms with Crippen molar-refractivity contribution in [3.63, 3.8) is 0 Å². The molecule has 12 rings (SSSR count). The van der Waals surface area contributed by atoms with Gasteiger partial charge in [-0.3, -0.25) is 0 Å². The van der Waals surface area contributed by atoms with Crippen LogP contribution >= 0.6 is 0 Å². The Bertz CT molecular complexity index is 3490. The monoisotopic (exact) mass is 830 g/mol. The number of hydrogen-bond donors (Lipinski definition) is 0. The average molecular weight is 831 g/mol. The van der Waals surface area contributed by atoms with E-state index in [9.17, 15) is 0 Å². The molecule has 308 valence electrons. The van der Waals surface area contributed by atoms with Crippen LogP contribution in [0.25, 0.3) is 83.1 Å². The molecule has 0 aliphatic heterocycles.